The molecule has 82 valence electrons. The van der Waals surface area contributed by atoms with Gasteiger partial charge in [0.15, 0.2) is 0 Å². The van der Waals surface area contributed by atoms with Gasteiger partial charge in [-0.25, -0.2) is 4.68 Å². The third-order valence-corrected chi connectivity index (χ3v) is 1.90. The third kappa shape index (κ3) is 3.95. The SMILES string of the molecule is C=Cn1cc(CNCCC(=O)OC)cn1. The number of nitrogens with zero attached hydrogens (tertiary/aromatic N) is 2. The van der Waals surface area contributed by atoms with Crippen molar-refractivity contribution < 1.29 is 9.53 Å². The van der Waals surface area contributed by atoms with E-state index in [9.17, 15) is 4.79 Å². The van der Waals surface area contributed by atoms with Crippen LogP contribution in [0.4, 0.5) is 0 Å². The molecule has 15 heavy (non-hydrogen) atoms. The first-order valence-electron chi connectivity index (χ1n) is 4.69. The first-order chi connectivity index (χ1) is 7.26. The Morgan fingerprint density at radius 1 is 1.80 bits per heavy atom. The monoisotopic (exact) mass is 209 g/mol. The van der Waals surface area contributed by atoms with Crippen molar-refractivity contribution in [2.24, 2.45) is 0 Å². The van der Waals surface area contributed by atoms with Crippen LogP contribution in [-0.2, 0) is 16.1 Å². The Bertz CT molecular complexity index is 333. The normalized spacial score (nSPS) is 9.93. The molecule has 1 aromatic heterocycles. The second-order valence-electron chi connectivity index (χ2n) is 3.01. The summed E-state index contributed by atoms with van der Waals surface area (Å²) in [6.07, 6.45) is 5.63. The van der Waals surface area contributed by atoms with Gasteiger partial charge in [0, 0.05) is 31.0 Å². The molecule has 0 aliphatic carbocycles. The fourth-order valence-corrected chi connectivity index (χ4v) is 1.09. The zero-order valence-electron chi connectivity index (χ0n) is 8.77. The highest BCUT2D eigenvalue weighted by Gasteiger charge is 1.99. The number of esters is 1. The average Bonchev–Trinajstić information content (AvgIpc) is 2.72. The summed E-state index contributed by atoms with van der Waals surface area (Å²) in [6.45, 7) is 4.88. The number of hydrogen-bond acceptors (Lipinski definition) is 4. The Morgan fingerprint density at radius 3 is 3.20 bits per heavy atom. The van der Waals surface area contributed by atoms with Crippen LogP contribution in [0.1, 0.15) is 12.0 Å². The summed E-state index contributed by atoms with van der Waals surface area (Å²) in [5, 5.41) is 7.15. The Labute approximate surface area is 88.7 Å². The number of rotatable bonds is 6. The van der Waals surface area contributed by atoms with Crippen LogP contribution in [-0.4, -0.2) is 29.4 Å². The predicted octanol–water partition coefficient (Wildman–Crippen LogP) is 0.636. The third-order valence-electron chi connectivity index (χ3n) is 1.90. The summed E-state index contributed by atoms with van der Waals surface area (Å²) in [5.41, 5.74) is 1.06. The van der Waals surface area contributed by atoms with E-state index < -0.39 is 0 Å². The standard InChI is InChI=1S/C10H15N3O2/c1-3-13-8-9(7-12-13)6-11-5-4-10(14)15-2/h3,7-8,11H,1,4-6H2,2H3. The average molecular weight is 209 g/mol. The van der Waals surface area contributed by atoms with Crippen LogP contribution in [0.15, 0.2) is 19.0 Å². The Morgan fingerprint density at radius 2 is 2.60 bits per heavy atom. The first kappa shape index (κ1) is 11.5. The number of nitrogens with one attached hydrogen (secondary N) is 1. The molecule has 0 radical (unpaired) electrons. The summed E-state index contributed by atoms with van der Waals surface area (Å²) in [7, 11) is 1.39. The number of carbonyl (C=O) groups is 1. The van der Waals surface area contributed by atoms with Crippen molar-refractivity contribution in [3.63, 3.8) is 0 Å². The molecule has 5 heteroatoms. The molecule has 1 aromatic rings. The molecule has 0 aliphatic heterocycles. The molecule has 0 atom stereocenters. The zero-order valence-corrected chi connectivity index (χ0v) is 8.77. The Kier molecular flexibility index (Phi) is 4.56. The topological polar surface area (TPSA) is 56.2 Å². The molecule has 0 aliphatic rings. The van der Waals surface area contributed by atoms with E-state index >= 15 is 0 Å². The van der Waals surface area contributed by atoms with Crippen LogP contribution in [0.5, 0.6) is 0 Å². The Balaban J connectivity index is 2.20. The van der Waals surface area contributed by atoms with Crippen molar-refractivity contribution in [3.8, 4) is 0 Å². The highest BCUT2D eigenvalue weighted by Crippen LogP contribution is 1.96. The lowest BCUT2D eigenvalue weighted by Gasteiger charge is -2.01. The number of aromatic nitrogens is 2. The zero-order chi connectivity index (χ0) is 11.1. The van der Waals surface area contributed by atoms with Crippen LogP contribution in [0.25, 0.3) is 6.20 Å². The second-order valence-corrected chi connectivity index (χ2v) is 3.01. The van der Waals surface area contributed by atoms with Gasteiger partial charge >= 0.3 is 5.97 Å². The van der Waals surface area contributed by atoms with Gasteiger partial charge in [-0.2, -0.15) is 5.10 Å². The largest absolute Gasteiger partial charge is 0.469 e. The number of hydrogen-bond donors (Lipinski definition) is 1. The molecule has 0 spiro atoms. The highest BCUT2D eigenvalue weighted by atomic mass is 16.5. The molecule has 0 unspecified atom stereocenters. The minimum atomic E-state index is -0.204. The van der Waals surface area contributed by atoms with Crippen molar-refractivity contribution >= 4 is 12.2 Å². The highest BCUT2D eigenvalue weighted by molar-refractivity contribution is 5.69. The van der Waals surface area contributed by atoms with Crippen molar-refractivity contribution in [1.82, 2.24) is 15.1 Å². The van der Waals surface area contributed by atoms with Crippen molar-refractivity contribution in [1.29, 1.82) is 0 Å². The summed E-state index contributed by atoms with van der Waals surface area (Å²) < 4.78 is 6.15. The van der Waals surface area contributed by atoms with Crippen LogP contribution in [0, 0.1) is 0 Å². The van der Waals surface area contributed by atoms with Gasteiger partial charge < -0.3 is 10.1 Å². The van der Waals surface area contributed by atoms with Crippen LogP contribution < -0.4 is 5.32 Å². The molecule has 0 bridgehead atoms. The van der Waals surface area contributed by atoms with Crippen LogP contribution in [0.2, 0.25) is 0 Å². The second kappa shape index (κ2) is 5.98. The molecule has 0 saturated heterocycles. The van der Waals surface area contributed by atoms with E-state index in [-0.39, 0.29) is 5.97 Å². The maximum atomic E-state index is 10.8. The Hall–Kier alpha value is -1.62. The van der Waals surface area contributed by atoms with Crippen molar-refractivity contribution in [2.45, 2.75) is 13.0 Å². The van der Waals surface area contributed by atoms with Gasteiger partial charge in [-0.05, 0) is 0 Å². The van der Waals surface area contributed by atoms with Crippen molar-refractivity contribution in [3.05, 3.63) is 24.5 Å². The molecular weight excluding hydrogens is 194 g/mol. The fraction of sp³-hybridized carbons (Fsp3) is 0.400. The molecule has 0 amide bonds. The van der Waals surface area contributed by atoms with Gasteiger partial charge in [0.25, 0.3) is 0 Å². The number of carbonyl (C=O) groups excluding carboxylic acids is 1. The van der Waals surface area contributed by atoms with E-state index in [1.54, 1.807) is 17.1 Å². The minimum Gasteiger partial charge on any atom is -0.469 e. The number of ether oxygens (including phenoxy) is 1. The number of methoxy groups -OCH3 is 1. The quantitative estimate of drug-likeness (QED) is 0.551. The van der Waals surface area contributed by atoms with Gasteiger partial charge in [0.05, 0.1) is 19.7 Å². The van der Waals surface area contributed by atoms with Crippen LogP contribution >= 0.6 is 0 Å². The molecular formula is C10H15N3O2. The fourth-order valence-electron chi connectivity index (χ4n) is 1.09. The molecule has 0 aromatic carbocycles. The van der Waals surface area contributed by atoms with E-state index in [0.29, 0.717) is 19.5 Å². The van der Waals surface area contributed by atoms with E-state index in [1.165, 1.54) is 7.11 Å². The molecule has 0 saturated carbocycles. The van der Waals surface area contributed by atoms with Gasteiger partial charge in [-0.1, -0.05) is 6.58 Å². The van der Waals surface area contributed by atoms with Gasteiger partial charge in [0.1, 0.15) is 0 Å². The van der Waals surface area contributed by atoms with Crippen LogP contribution in [0.3, 0.4) is 0 Å². The lowest BCUT2D eigenvalue weighted by Crippen LogP contribution is -2.18. The molecule has 1 N–H and O–H groups in total. The molecule has 5 nitrogen and oxygen atoms in total. The van der Waals surface area contributed by atoms with E-state index in [4.69, 9.17) is 0 Å². The van der Waals surface area contributed by atoms with E-state index in [2.05, 4.69) is 21.7 Å². The maximum Gasteiger partial charge on any atom is 0.306 e. The summed E-state index contributed by atoms with van der Waals surface area (Å²) >= 11 is 0. The summed E-state index contributed by atoms with van der Waals surface area (Å²) in [5.74, 6) is -0.204. The molecule has 0 fully saturated rings. The smallest absolute Gasteiger partial charge is 0.306 e. The summed E-state index contributed by atoms with van der Waals surface area (Å²) in [4.78, 5) is 10.8. The van der Waals surface area contributed by atoms with Gasteiger partial charge in [-0.15, -0.1) is 0 Å². The lowest BCUT2D eigenvalue weighted by molar-refractivity contribution is -0.140. The first-order valence-corrected chi connectivity index (χ1v) is 4.69. The van der Waals surface area contributed by atoms with Gasteiger partial charge in [0.2, 0.25) is 0 Å². The lowest BCUT2D eigenvalue weighted by atomic mass is 10.3. The summed E-state index contributed by atoms with van der Waals surface area (Å²) in [6, 6.07) is 0. The van der Waals surface area contributed by atoms with E-state index in [0.717, 1.165) is 5.56 Å². The predicted molar refractivity (Wildman–Crippen MR) is 57.0 cm³/mol. The van der Waals surface area contributed by atoms with Crippen molar-refractivity contribution in [2.75, 3.05) is 13.7 Å². The molecule has 1 heterocycles. The van der Waals surface area contributed by atoms with E-state index in [1.807, 2.05) is 6.20 Å². The van der Waals surface area contributed by atoms with Gasteiger partial charge in [-0.3, -0.25) is 4.79 Å². The minimum absolute atomic E-state index is 0.204. The molecule has 1 rings (SSSR count). The maximum absolute atomic E-state index is 10.8.